The Balaban J connectivity index is 2.03. The van der Waals surface area contributed by atoms with Gasteiger partial charge in [0.15, 0.2) is 6.29 Å². The first-order chi connectivity index (χ1) is 5.86. The molecule has 0 aromatic carbocycles. The lowest BCUT2D eigenvalue weighted by Gasteiger charge is -2.08. The van der Waals surface area contributed by atoms with Gasteiger partial charge in [-0.2, -0.15) is 0 Å². The highest BCUT2D eigenvalue weighted by Crippen LogP contribution is 2.16. The number of hydrogen-bond acceptors (Lipinski definition) is 3. The molecule has 0 radical (unpaired) electrons. The first-order valence-electron chi connectivity index (χ1n) is 4.74. The van der Waals surface area contributed by atoms with Crippen LogP contribution in [-0.2, 0) is 9.47 Å². The first-order valence-corrected chi connectivity index (χ1v) is 4.74. The van der Waals surface area contributed by atoms with Crippen molar-refractivity contribution in [3.05, 3.63) is 0 Å². The molecule has 3 heteroatoms. The van der Waals surface area contributed by atoms with Crippen LogP contribution in [0.3, 0.4) is 0 Å². The van der Waals surface area contributed by atoms with Crippen LogP contribution in [0.4, 0.5) is 0 Å². The Morgan fingerprint density at radius 2 is 2.25 bits per heavy atom. The fourth-order valence-corrected chi connectivity index (χ4v) is 1.32. The normalized spacial score (nSPS) is 29.5. The highest BCUT2D eigenvalue weighted by molar-refractivity contribution is 4.63. The summed E-state index contributed by atoms with van der Waals surface area (Å²) in [6.45, 7) is 2.80. The van der Waals surface area contributed by atoms with Crippen molar-refractivity contribution >= 4 is 0 Å². The molecule has 0 aromatic rings. The predicted molar refractivity (Wildman–Crippen MR) is 45.8 cm³/mol. The molecule has 0 saturated carbocycles. The van der Waals surface area contributed by atoms with E-state index in [1.54, 1.807) is 0 Å². The van der Waals surface area contributed by atoms with Crippen LogP contribution in [0.2, 0.25) is 0 Å². The first kappa shape index (κ1) is 9.96. The van der Waals surface area contributed by atoms with Crippen LogP contribution in [0.1, 0.15) is 32.6 Å². The summed E-state index contributed by atoms with van der Waals surface area (Å²) in [7, 11) is 0. The molecule has 72 valence electrons. The number of hydrogen-bond donors (Lipinski definition) is 1. The molecule has 1 rings (SSSR count). The molecule has 1 aliphatic heterocycles. The Hall–Kier alpha value is -0.120. The van der Waals surface area contributed by atoms with Gasteiger partial charge in [-0.25, -0.2) is 0 Å². The van der Waals surface area contributed by atoms with E-state index in [4.69, 9.17) is 14.6 Å². The average Bonchev–Trinajstić information content (AvgIpc) is 2.53. The zero-order valence-electron chi connectivity index (χ0n) is 7.66. The maximum Gasteiger partial charge on any atom is 0.158 e. The van der Waals surface area contributed by atoms with Crippen molar-refractivity contribution < 1.29 is 14.6 Å². The zero-order valence-corrected chi connectivity index (χ0v) is 7.66. The molecule has 0 amide bonds. The van der Waals surface area contributed by atoms with Crippen LogP contribution in [0.15, 0.2) is 0 Å². The van der Waals surface area contributed by atoms with Gasteiger partial charge in [-0.1, -0.05) is 19.8 Å². The molecular formula is C9H18O3. The molecule has 1 heterocycles. The van der Waals surface area contributed by atoms with Crippen molar-refractivity contribution in [3.8, 4) is 0 Å². The fourth-order valence-electron chi connectivity index (χ4n) is 1.32. The Labute approximate surface area is 73.7 Å². The summed E-state index contributed by atoms with van der Waals surface area (Å²) in [5, 5.41) is 8.75. The molecule has 3 nitrogen and oxygen atoms in total. The highest BCUT2D eigenvalue weighted by Gasteiger charge is 2.24. The van der Waals surface area contributed by atoms with Crippen LogP contribution >= 0.6 is 0 Å². The Morgan fingerprint density at radius 3 is 2.83 bits per heavy atom. The largest absolute Gasteiger partial charge is 0.394 e. The number of aliphatic hydroxyl groups excluding tert-OH is 1. The minimum atomic E-state index is -0.0865. The summed E-state index contributed by atoms with van der Waals surface area (Å²) >= 11 is 0. The van der Waals surface area contributed by atoms with Crippen molar-refractivity contribution in [2.24, 2.45) is 0 Å². The minimum Gasteiger partial charge on any atom is -0.394 e. The summed E-state index contributed by atoms with van der Waals surface area (Å²) in [6.07, 6.45) is 4.41. The van der Waals surface area contributed by atoms with Crippen molar-refractivity contribution in [1.82, 2.24) is 0 Å². The van der Waals surface area contributed by atoms with Gasteiger partial charge in [0.2, 0.25) is 0 Å². The van der Waals surface area contributed by atoms with Gasteiger partial charge in [-0.05, 0) is 12.8 Å². The Kier molecular flexibility index (Phi) is 4.58. The molecule has 2 atom stereocenters. The molecule has 2 unspecified atom stereocenters. The van der Waals surface area contributed by atoms with Gasteiger partial charge >= 0.3 is 0 Å². The van der Waals surface area contributed by atoms with Crippen LogP contribution in [-0.4, -0.2) is 30.7 Å². The van der Waals surface area contributed by atoms with Crippen molar-refractivity contribution in [2.45, 2.75) is 45.0 Å². The molecule has 1 saturated heterocycles. The minimum absolute atomic E-state index is 0.0614. The van der Waals surface area contributed by atoms with Crippen LogP contribution in [0.25, 0.3) is 0 Å². The molecule has 0 aromatic heterocycles. The highest BCUT2D eigenvalue weighted by atomic mass is 16.7. The fraction of sp³-hybridized carbons (Fsp3) is 1.00. The molecule has 0 aliphatic carbocycles. The summed E-state index contributed by atoms with van der Waals surface area (Å²) in [6, 6.07) is 0. The molecule has 0 bridgehead atoms. The zero-order chi connectivity index (χ0) is 8.81. The number of ether oxygens (including phenoxy) is 2. The second kappa shape index (κ2) is 5.51. The Bertz CT molecular complexity index is 116. The van der Waals surface area contributed by atoms with E-state index < -0.39 is 0 Å². The third-order valence-electron chi connectivity index (χ3n) is 2.06. The number of unbranched alkanes of at least 4 members (excludes halogenated alkanes) is 2. The third kappa shape index (κ3) is 3.09. The summed E-state index contributed by atoms with van der Waals surface area (Å²) in [5.74, 6) is 0. The maximum atomic E-state index is 8.75. The maximum absolute atomic E-state index is 8.75. The molecule has 1 N–H and O–H groups in total. The lowest BCUT2D eigenvalue weighted by molar-refractivity contribution is -0.0701. The summed E-state index contributed by atoms with van der Waals surface area (Å²) in [5.41, 5.74) is 0. The quantitative estimate of drug-likeness (QED) is 0.638. The van der Waals surface area contributed by atoms with Gasteiger partial charge in [-0.3, -0.25) is 0 Å². The third-order valence-corrected chi connectivity index (χ3v) is 2.06. The number of rotatable bonds is 5. The van der Waals surface area contributed by atoms with Crippen LogP contribution in [0.5, 0.6) is 0 Å². The summed E-state index contributed by atoms with van der Waals surface area (Å²) in [4.78, 5) is 0. The van der Waals surface area contributed by atoms with Crippen molar-refractivity contribution in [1.29, 1.82) is 0 Å². The van der Waals surface area contributed by atoms with Gasteiger partial charge in [0.1, 0.15) is 6.10 Å². The molecule has 1 aliphatic rings. The van der Waals surface area contributed by atoms with E-state index in [1.165, 1.54) is 12.8 Å². The predicted octanol–water partition coefficient (Wildman–Crippen LogP) is 1.30. The van der Waals surface area contributed by atoms with E-state index in [0.29, 0.717) is 6.61 Å². The second-order valence-electron chi connectivity index (χ2n) is 3.20. The van der Waals surface area contributed by atoms with Gasteiger partial charge in [0.25, 0.3) is 0 Å². The van der Waals surface area contributed by atoms with Crippen LogP contribution < -0.4 is 0 Å². The molecule has 12 heavy (non-hydrogen) atoms. The van der Waals surface area contributed by atoms with E-state index in [0.717, 1.165) is 12.8 Å². The lowest BCUT2D eigenvalue weighted by atomic mass is 10.2. The number of aliphatic hydroxyl groups is 1. The van der Waals surface area contributed by atoms with Crippen molar-refractivity contribution in [2.75, 3.05) is 13.2 Å². The van der Waals surface area contributed by atoms with E-state index >= 15 is 0 Å². The van der Waals surface area contributed by atoms with E-state index in [-0.39, 0.29) is 19.0 Å². The molecule has 0 spiro atoms. The van der Waals surface area contributed by atoms with E-state index in [2.05, 4.69) is 6.92 Å². The lowest BCUT2D eigenvalue weighted by Crippen LogP contribution is -2.16. The Morgan fingerprint density at radius 1 is 1.42 bits per heavy atom. The van der Waals surface area contributed by atoms with Gasteiger partial charge in [0, 0.05) is 0 Å². The topological polar surface area (TPSA) is 38.7 Å². The van der Waals surface area contributed by atoms with Gasteiger partial charge in [0.05, 0.1) is 13.2 Å². The molecular weight excluding hydrogens is 156 g/mol. The SMILES string of the molecule is CCCCCC1OCC(CO)O1. The average molecular weight is 174 g/mol. The molecule has 1 fully saturated rings. The summed E-state index contributed by atoms with van der Waals surface area (Å²) < 4.78 is 10.7. The second-order valence-corrected chi connectivity index (χ2v) is 3.20. The van der Waals surface area contributed by atoms with Gasteiger partial charge in [-0.15, -0.1) is 0 Å². The standard InChI is InChI=1S/C9H18O3/c1-2-3-4-5-9-11-7-8(6-10)12-9/h8-10H,2-7H2,1H3. The van der Waals surface area contributed by atoms with Gasteiger partial charge < -0.3 is 14.6 Å². The monoisotopic (exact) mass is 174 g/mol. The van der Waals surface area contributed by atoms with Crippen molar-refractivity contribution in [3.63, 3.8) is 0 Å². The van der Waals surface area contributed by atoms with E-state index in [1.807, 2.05) is 0 Å². The van der Waals surface area contributed by atoms with E-state index in [9.17, 15) is 0 Å². The van der Waals surface area contributed by atoms with Crippen LogP contribution in [0, 0.1) is 0 Å². The smallest absolute Gasteiger partial charge is 0.158 e.